The maximum absolute atomic E-state index is 5.85. The molecule has 0 bridgehead atoms. The molecule has 0 aliphatic carbocycles. The van der Waals surface area contributed by atoms with Crippen LogP contribution in [-0.2, 0) is 6.42 Å². The summed E-state index contributed by atoms with van der Waals surface area (Å²) >= 11 is 5.85. The minimum absolute atomic E-state index is 0.184. The molecule has 1 aliphatic rings. The van der Waals surface area contributed by atoms with E-state index in [1.165, 1.54) is 5.56 Å². The van der Waals surface area contributed by atoms with Crippen LogP contribution < -0.4 is 11.1 Å². The summed E-state index contributed by atoms with van der Waals surface area (Å²) in [7, 11) is 0. The Hall–Kier alpha value is -1.15. The van der Waals surface area contributed by atoms with Crippen LogP contribution in [0.15, 0.2) is 36.2 Å². The van der Waals surface area contributed by atoms with Gasteiger partial charge in [-0.3, -0.25) is 0 Å². The zero-order chi connectivity index (χ0) is 11.6. The van der Waals surface area contributed by atoms with Crippen LogP contribution in [0, 0.1) is 5.41 Å². The first-order chi connectivity index (χ1) is 7.57. The summed E-state index contributed by atoms with van der Waals surface area (Å²) in [4.78, 5) is 0. The third-order valence-corrected chi connectivity index (χ3v) is 3.35. The fourth-order valence-electron chi connectivity index (χ4n) is 2.02. The van der Waals surface area contributed by atoms with E-state index in [1.54, 1.807) is 0 Å². The van der Waals surface area contributed by atoms with Gasteiger partial charge < -0.3 is 11.1 Å². The Kier molecular flexibility index (Phi) is 3.10. The van der Waals surface area contributed by atoms with Gasteiger partial charge in [0.15, 0.2) is 0 Å². The normalized spacial score (nSPS) is 24.0. The maximum atomic E-state index is 5.85. The Balaban J connectivity index is 1.95. The number of hydrogen-bond acceptors (Lipinski definition) is 2. The molecule has 1 heterocycles. The standard InChI is InChI=1S/C13H17ClN2/c1-13(8-12(15)16-9-13)7-6-10-2-4-11(14)5-3-10/h2-5,8,16H,6-7,9,15H2,1H3/t13-/m0/s1. The third kappa shape index (κ3) is 2.70. The lowest BCUT2D eigenvalue weighted by Crippen LogP contribution is -2.23. The Labute approximate surface area is 101 Å². The number of hydrogen-bond donors (Lipinski definition) is 2. The second-order valence-corrected chi connectivity index (χ2v) is 5.17. The van der Waals surface area contributed by atoms with Gasteiger partial charge >= 0.3 is 0 Å². The Morgan fingerprint density at radius 2 is 2.06 bits per heavy atom. The van der Waals surface area contributed by atoms with Gasteiger partial charge in [-0.2, -0.15) is 0 Å². The molecule has 0 unspecified atom stereocenters. The van der Waals surface area contributed by atoms with Crippen LogP contribution in [-0.4, -0.2) is 6.54 Å². The molecule has 0 aromatic heterocycles. The molecule has 1 aromatic rings. The van der Waals surface area contributed by atoms with Crippen LogP contribution in [0.25, 0.3) is 0 Å². The van der Waals surface area contributed by atoms with Crippen molar-refractivity contribution in [3.05, 3.63) is 46.7 Å². The number of nitrogens with two attached hydrogens (primary N) is 1. The molecule has 86 valence electrons. The first-order valence-electron chi connectivity index (χ1n) is 5.54. The van der Waals surface area contributed by atoms with Gasteiger partial charge in [-0.25, -0.2) is 0 Å². The van der Waals surface area contributed by atoms with Gasteiger partial charge in [0, 0.05) is 17.0 Å². The van der Waals surface area contributed by atoms with Crippen LogP contribution in [0.1, 0.15) is 18.9 Å². The van der Waals surface area contributed by atoms with Crippen molar-refractivity contribution in [2.45, 2.75) is 19.8 Å². The number of aryl methyl sites for hydroxylation is 1. The maximum Gasteiger partial charge on any atom is 0.0925 e. The highest BCUT2D eigenvalue weighted by atomic mass is 35.5. The highest BCUT2D eigenvalue weighted by molar-refractivity contribution is 6.30. The van der Waals surface area contributed by atoms with E-state index < -0.39 is 0 Å². The lowest BCUT2D eigenvalue weighted by atomic mass is 9.85. The molecule has 0 spiro atoms. The Morgan fingerprint density at radius 3 is 2.62 bits per heavy atom. The van der Waals surface area contributed by atoms with Gasteiger partial charge in [0.2, 0.25) is 0 Å². The summed E-state index contributed by atoms with van der Waals surface area (Å²) in [6, 6.07) is 8.05. The summed E-state index contributed by atoms with van der Waals surface area (Å²) in [6.07, 6.45) is 4.28. The molecule has 16 heavy (non-hydrogen) atoms. The molecule has 0 saturated carbocycles. The highest BCUT2D eigenvalue weighted by Crippen LogP contribution is 2.29. The second-order valence-electron chi connectivity index (χ2n) is 4.73. The van der Waals surface area contributed by atoms with E-state index in [2.05, 4.69) is 30.4 Å². The van der Waals surface area contributed by atoms with Crippen LogP contribution >= 0.6 is 11.6 Å². The number of halogens is 1. The molecule has 1 atom stereocenters. The molecular weight excluding hydrogens is 220 g/mol. The van der Waals surface area contributed by atoms with Gasteiger partial charge in [-0.15, -0.1) is 0 Å². The van der Waals surface area contributed by atoms with Crippen molar-refractivity contribution >= 4 is 11.6 Å². The van der Waals surface area contributed by atoms with Crippen LogP contribution in [0.2, 0.25) is 5.02 Å². The molecule has 1 aliphatic heterocycles. The van der Waals surface area contributed by atoms with Crippen molar-refractivity contribution in [3.63, 3.8) is 0 Å². The molecule has 1 aromatic carbocycles. The van der Waals surface area contributed by atoms with Crippen molar-refractivity contribution < 1.29 is 0 Å². The number of nitrogens with one attached hydrogen (secondary N) is 1. The molecule has 2 nitrogen and oxygen atoms in total. The SMILES string of the molecule is C[C@]1(CCc2ccc(Cl)cc2)C=C(N)NC1. The fraction of sp³-hybridized carbons (Fsp3) is 0.385. The molecule has 0 radical (unpaired) electrons. The van der Waals surface area contributed by atoms with Crippen molar-refractivity contribution in [1.29, 1.82) is 0 Å². The topological polar surface area (TPSA) is 38.0 Å². The first-order valence-corrected chi connectivity index (χ1v) is 5.92. The lowest BCUT2D eigenvalue weighted by Gasteiger charge is -2.20. The zero-order valence-corrected chi connectivity index (χ0v) is 10.2. The van der Waals surface area contributed by atoms with Crippen LogP contribution in [0.3, 0.4) is 0 Å². The van der Waals surface area contributed by atoms with E-state index in [1.807, 2.05) is 12.1 Å². The highest BCUT2D eigenvalue weighted by Gasteiger charge is 2.26. The summed E-state index contributed by atoms with van der Waals surface area (Å²) in [5, 5.41) is 3.97. The quantitative estimate of drug-likeness (QED) is 0.847. The predicted octanol–water partition coefficient (Wildman–Crippen LogP) is 2.68. The van der Waals surface area contributed by atoms with E-state index in [4.69, 9.17) is 17.3 Å². The summed E-state index contributed by atoms with van der Waals surface area (Å²) in [5.74, 6) is 0.804. The second kappa shape index (κ2) is 4.38. The van der Waals surface area contributed by atoms with E-state index >= 15 is 0 Å². The predicted molar refractivity (Wildman–Crippen MR) is 68.2 cm³/mol. The summed E-state index contributed by atoms with van der Waals surface area (Å²) in [5.41, 5.74) is 7.24. The molecular formula is C13H17ClN2. The lowest BCUT2D eigenvalue weighted by molar-refractivity contribution is 0.407. The van der Waals surface area contributed by atoms with Gasteiger partial charge in [0.25, 0.3) is 0 Å². The van der Waals surface area contributed by atoms with Gasteiger partial charge in [-0.05, 0) is 36.6 Å². The molecule has 0 fully saturated rings. The average molecular weight is 237 g/mol. The zero-order valence-electron chi connectivity index (χ0n) is 9.46. The monoisotopic (exact) mass is 236 g/mol. The Morgan fingerprint density at radius 1 is 1.38 bits per heavy atom. The minimum Gasteiger partial charge on any atom is -0.386 e. The van der Waals surface area contributed by atoms with Crippen LogP contribution in [0.5, 0.6) is 0 Å². The Bertz CT molecular complexity index is 397. The van der Waals surface area contributed by atoms with Crippen molar-refractivity contribution in [2.24, 2.45) is 11.1 Å². The molecule has 3 N–H and O–H groups in total. The smallest absolute Gasteiger partial charge is 0.0925 e. The summed E-state index contributed by atoms with van der Waals surface area (Å²) < 4.78 is 0. The van der Waals surface area contributed by atoms with E-state index in [9.17, 15) is 0 Å². The molecule has 2 rings (SSSR count). The van der Waals surface area contributed by atoms with Crippen LogP contribution in [0.4, 0.5) is 0 Å². The average Bonchev–Trinajstić information content (AvgIpc) is 2.59. The third-order valence-electron chi connectivity index (χ3n) is 3.10. The van der Waals surface area contributed by atoms with E-state index in [0.717, 1.165) is 30.2 Å². The summed E-state index contributed by atoms with van der Waals surface area (Å²) in [6.45, 7) is 3.17. The van der Waals surface area contributed by atoms with E-state index in [0.29, 0.717) is 0 Å². The molecule has 3 heteroatoms. The first kappa shape index (κ1) is 11.3. The number of benzene rings is 1. The fourth-order valence-corrected chi connectivity index (χ4v) is 2.15. The van der Waals surface area contributed by atoms with Crippen molar-refractivity contribution in [2.75, 3.05) is 6.54 Å². The number of rotatable bonds is 3. The van der Waals surface area contributed by atoms with E-state index in [-0.39, 0.29) is 5.41 Å². The molecule has 0 saturated heterocycles. The van der Waals surface area contributed by atoms with Crippen molar-refractivity contribution in [3.8, 4) is 0 Å². The van der Waals surface area contributed by atoms with Gasteiger partial charge in [0.1, 0.15) is 0 Å². The van der Waals surface area contributed by atoms with Crippen molar-refractivity contribution in [1.82, 2.24) is 5.32 Å². The minimum atomic E-state index is 0.184. The largest absolute Gasteiger partial charge is 0.386 e. The molecule has 0 amide bonds. The van der Waals surface area contributed by atoms with Gasteiger partial charge in [-0.1, -0.05) is 30.7 Å². The van der Waals surface area contributed by atoms with Gasteiger partial charge in [0.05, 0.1) is 5.82 Å².